The number of carbonyl (C=O) groups excluding carboxylic acids is 1. The number of amides is 1. The van der Waals surface area contributed by atoms with E-state index in [1.54, 1.807) is 24.3 Å². The van der Waals surface area contributed by atoms with Crippen LogP contribution in [0.4, 0.5) is 0 Å². The van der Waals surface area contributed by atoms with Crippen molar-refractivity contribution in [3.63, 3.8) is 0 Å². The number of carbonyl (C=O) groups is 1. The predicted octanol–water partition coefficient (Wildman–Crippen LogP) is 6.28. The molecule has 0 bridgehead atoms. The second-order valence-electron chi connectivity index (χ2n) is 6.95. The third-order valence-corrected chi connectivity index (χ3v) is 5.46. The zero-order valence-electron chi connectivity index (χ0n) is 16.1. The Hall–Kier alpha value is -2.23. The highest BCUT2D eigenvalue weighted by atomic mass is 35.5. The molecular weight excluding hydrogens is 391 g/mol. The van der Waals surface area contributed by atoms with Crippen LogP contribution in [0.15, 0.2) is 66.9 Å². The van der Waals surface area contributed by atoms with Crippen LogP contribution in [-0.4, -0.2) is 21.4 Å². The molecule has 2 aromatic carbocycles. The lowest BCUT2D eigenvalue weighted by Crippen LogP contribution is -2.38. The van der Waals surface area contributed by atoms with Crippen molar-refractivity contribution in [2.24, 2.45) is 0 Å². The van der Waals surface area contributed by atoms with E-state index in [1.807, 2.05) is 35.4 Å². The summed E-state index contributed by atoms with van der Waals surface area (Å²) in [6.07, 6.45) is 2.92. The molecule has 0 saturated heterocycles. The number of rotatable bonds is 7. The minimum atomic E-state index is 0.0153. The highest BCUT2D eigenvalue weighted by molar-refractivity contribution is 6.30. The smallest absolute Gasteiger partial charge is 0.254 e. The van der Waals surface area contributed by atoms with Crippen LogP contribution in [0.2, 0.25) is 10.0 Å². The lowest BCUT2D eigenvalue weighted by molar-refractivity contribution is 0.0667. The van der Waals surface area contributed by atoms with Gasteiger partial charge >= 0.3 is 0 Å². The zero-order valence-corrected chi connectivity index (χ0v) is 17.6. The molecule has 0 aliphatic carbocycles. The Labute approximate surface area is 176 Å². The molecule has 1 aromatic heterocycles. The first-order chi connectivity index (χ1) is 13.5. The van der Waals surface area contributed by atoms with E-state index in [-0.39, 0.29) is 11.9 Å². The largest absolute Gasteiger partial charge is 0.345 e. The quantitative estimate of drug-likeness (QED) is 0.446. The van der Waals surface area contributed by atoms with Crippen LogP contribution in [0.25, 0.3) is 0 Å². The Morgan fingerprint density at radius 3 is 2.46 bits per heavy atom. The molecule has 3 aromatic rings. The summed E-state index contributed by atoms with van der Waals surface area (Å²) in [5, 5.41) is 1.35. The van der Waals surface area contributed by atoms with Gasteiger partial charge in [-0.05, 0) is 67.4 Å². The predicted molar refractivity (Wildman–Crippen MR) is 116 cm³/mol. The standard InChI is InChI=1S/C23H24Cl2N2O/c1-3-17(2)27(23(28)19-9-11-20(24)12-10-19)16-22-8-5-13-26(22)15-18-6-4-7-21(25)14-18/h4-14,17H,3,15-16H2,1-2H3/t17-/m0/s1. The SMILES string of the molecule is CC[C@H](C)N(Cc1cccn1Cc1cccc(Cl)c1)C(=O)c1ccc(Cl)cc1. The Morgan fingerprint density at radius 2 is 1.79 bits per heavy atom. The number of nitrogens with zero attached hydrogens (tertiary/aromatic N) is 2. The van der Waals surface area contributed by atoms with E-state index in [0.717, 1.165) is 22.7 Å². The fourth-order valence-electron chi connectivity index (χ4n) is 3.16. The summed E-state index contributed by atoms with van der Waals surface area (Å²) in [6, 6.07) is 19.1. The van der Waals surface area contributed by atoms with Gasteiger partial charge in [-0.2, -0.15) is 0 Å². The van der Waals surface area contributed by atoms with Gasteiger partial charge in [0.2, 0.25) is 0 Å². The van der Waals surface area contributed by atoms with E-state index in [2.05, 4.69) is 30.5 Å². The van der Waals surface area contributed by atoms with Crippen molar-refractivity contribution in [1.82, 2.24) is 9.47 Å². The molecule has 3 nitrogen and oxygen atoms in total. The highest BCUT2D eigenvalue weighted by Crippen LogP contribution is 2.19. The molecule has 0 spiro atoms. The third-order valence-electron chi connectivity index (χ3n) is 4.97. The molecule has 0 aliphatic heterocycles. The lowest BCUT2D eigenvalue weighted by atomic mass is 10.1. The summed E-state index contributed by atoms with van der Waals surface area (Å²) in [6.45, 7) is 5.44. The normalized spacial score (nSPS) is 12.0. The van der Waals surface area contributed by atoms with Gasteiger partial charge in [0, 0.05) is 40.1 Å². The van der Waals surface area contributed by atoms with Crippen molar-refractivity contribution in [3.05, 3.63) is 93.7 Å². The first kappa shape index (κ1) is 20.5. The minimum absolute atomic E-state index is 0.0153. The van der Waals surface area contributed by atoms with Crippen molar-refractivity contribution in [2.45, 2.75) is 39.4 Å². The fourth-order valence-corrected chi connectivity index (χ4v) is 3.50. The molecule has 146 valence electrons. The van der Waals surface area contributed by atoms with Crippen molar-refractivity contribution in [1.29, 1.82) is 0 Å². The Bertz CT molecular complexity index is 934. The molecule has 0 unspecified atom stereocenters. The van der Waals surface area contributed by atoms with Gasteiger partial charge < -0.3 is 9.47 Å². The minimum Gasteiger partial charge on any atom is -0.345 e. The molecule has 1 amide bonds. The van der Waals surface area contributed by atoms with Crippen LogP contribution in [-0.2, 0) is 13.1 Å². The number of aromatic nitrogens is 1. The molecule has 0 N–H and O–H groups in total. The third kappa shape index (κ3) is 4.98. The van der Waals surface area contributed by atoms with E-state index in [1.165, 1.54) is 0 Å². The molecule has 0 aliphatic rings. The van der Waals surface area contributed by atoms with Crippen molar-refractivity contribution in [2.75, 3.05) is 0 Å². The van der Waals surface area contributed by atoms with Crippen LogP contribution in [0.5, 0.6) is 0 Å². The molecule has 0 fully saturated rings. The van der Waals surface area contributed by atoms with Crippen molar-refractivity contribution < 1.29 is 4.79 Å². The molecule has 0 radical (unpaired) electrons. The molecule has 3 rings (SSSR count). The van der Waals surface area contributed by atoms with E-state index in [4.69, 9.17) is 23.2 Å². The van der Waals surface area contributed by atoms with Gasteiger partial charge in [-0.3, -0.25) is 4.79 Å². The molecule has 1 heterocycles. The average molecular weight is 415 g/mol. The topological polar surface area (TPSA) is 25.2 Å². The van der Waals surface area contributed by atoms with Crippen molar-refractivity contribution in [3.8, 4) is 0 Å². The first-order valence-corrected chi connectivity index (χ1v) is 10.2. The maximum Gasteiger partial charge on any atom is 0.254 e. The molecular formula is C23H24Cl2N2O. The molecule has 5 heteroatoms. The van der Waals surface area contributed by atoms with Gasteiger partial charge in [-0.15, -0.1) is 0 Å². The first-order valence-electron chi connectivity index (χ1n) is 9.43. The van der Waals surface area contributed by atoms with E-state index >= 15 is 0 Å². The summed E-state index contributed by atoms with van der Waals surface area (Å²) in [5.74, 6) is 0.0153. The number of hydrogen-bond acceptors (Lipinski definition) is 1. The van der Waals surface area contributed by atoms with Gasteiger partial charge in [0.25, 0.3) is 5.91 Å². The van der Waals surface area contributed by atoms with Crippen LogP contribution in [0, 0.1) is 0 Å². The zero-order chi connectivity index (χ0) is 20.1. The van der Waals surface area contributed by atoms with Crippen molar-refractivity contribution >= 4 is 29.1 Å². The molecule has 0 saturated carbocycles. The lowest BCUT2D eigenvalue weighted by Gasteiger charge is -2.29. The van der Waals surface area contributed by atoms with Gasteiger partial charge in [0.15, 0.2) is 0 Å². The maximum absolute atomic E-state index is 13.2. The fraction of sp³-hybridized carbons (Fsp3) is 0.261. The molecule has 28 heavy (non-hydrogen) atoms. The van der Waals surface area contributed by atoms with Crippen LogP contribution >= 0.6 is 23.2 Å². The number of benzene rings is 2. The maximum atomic E-state index is 13.2. The summed E-state index contributed by atoms with van der Waals surface area (Å²) < 4.78 is 2.16. The Morgan fingerprint density at radius 1 is 1.04 bits per heavy atom. The average Bonchev–Trinajstić information content (AvgIpc) is 3.12. The van der Waals surface area contributed by atoms with Crippen LogP contribution in [0.1, 0.15) is 41.9 Å². The van der Waals surface area contributed by atoms with Gasteiger partial charge in [-0.1, -0.05) is 42.3 Å². The van der Waals surface area contributed by atoms with Crippen LogP contribution in [0.3, 0.4) is 0 Å². The van der Waals surface area contributed by atoms with E-state index in [9.17, 15) is 4.79 Å². The number of halogens is 2. The second-order valence-corrected chi connectivity index (χ2v) is 7.83. The Balaban J connectivity index is 1.83. The van der Waals surface area contributed by atoms with Gasteiger partial charge in [0.05, 0.1) is 6.54 Å². The van der Waals surface area contributed by atoms with Gasteiger partial charge in [0.1, 0.15) is 0 Å². The summed E-state index contributed by atoms with van der Waals surface area (Å²) in [5.41, 5.74) is 2.87. The van der Waals surface area contributed by atoms with E-state index < -0.39 is 0 Å². The number of hydrogen-bond donors (Lipinski definition) is 0. The molecule has 1 atom stereocenters. The Kier molecular flexibility index (Phi) is 6.82. The highest BCUT2D eigenvalue weighted by Gasteiger charge is 2.22. The van der Waals surface area contributed by atoms with Crippen LogP contribution < -0.4 is 0 Å². The summed E-state index contributed by atoms with van der Waals surface area (Å²) in [7, 11) is 0. The van der Waals surface area contributed by atoms with E-state index in [0.29, 0.717) is 23.7 Å². The van der Waals surface area contributed by atoms with Gasteiger partial charge in [-0.25, -0.2) is 0 Å². The second kappa shape index (κ2) is 9.31. The monoisotopic (exact) mass is 414 g/mol. The summed E-state index contributed by atoms with van der Waals surface area (Å²) >= 11 is 12.1. The summed E-state index contributed by atoms with van der Waals surface area (Å²) in [4.78, 5) is 15.1.